The summed E-state index contributed by atoms with van der Waals surface area (Å²) in [6.45, 7) is 1.77. The average Bonchev–Trinajstić information content (AvgIpc) is 3.16. The maximum absolute atomic E-state index is 12.7. The maximum atomic E-state index is 12.7. The number of nitrogens with two attached hydrogens (primary N) is 1. The molecule has 0 aliphatic heterocycles. The fourth-order valence-electron chi connectivity index (χ4n) is 2.65. The lowest BCUT2D eigenvalue weighted by molar-refractivity contribution is -0.137. The normalized spacial score (nSPS) is 12.2. The van der Waals surface area contributed by atoms with Gasteiger partial charge in [0, 0.05) is 52.2 Å². The summed E-state index contributed by atoms with van der Waals surface area (Å²) >= 11 is 0.956. The third-order valence-electron chi connectivity index (χ3n) is 4.29. The van der Waals surface area contributed by atoms with Crippen molar-refractivity contribution in [2.45, 2.75) is 19.7 Å². The first-order valence-corrected chi connectivity index (χ1v) is 9.41. The van der Waals surface area contributed by atoms with Crippen LogP contribution in [0.3, 0.4) is 0 Å². The fraction of sp³-hybridized carbons (Fsp3) is 0.200. The minimum Gasteiger partial charge on any atom is -0.488 e. The molecule has 5 nitrogen and oxygen atoms in total. The van der Waals surface area contributed by atoms with E-state index in [0.717, 1.165) is 34.1 Å². The van der Waals surface area contributed by atoms with Crippen molar-refractivity contribution in [3.05, 3.63) is 74.3 Å². The lowest BCUT2D eigenvalue weighted by Crippen LogP contribution is -2.17. The van der Waals surface area contributed by atoms with E-state index in [0.29, 0.717) is 16.3 Å². The zero-order valence-corrected chi connectivity index (χ0v) is 16.5. The topological polar surface area (TPSA) is 69.6 Å². The Hall–Kier alpha value is -3.07. The molecule has 0 radical (unpaired) electrons. The number of aromatic nitrogens is 1. The highest BCUT2D eigenvalue weighted by Gasteiger charge is 2.31. The van der Waals surface area contributed by atoms with Crippen LogP contribution >= 0.6 is 11.3 Å². The van der Waals surface area contributed by atoms with Gasteiger partial charge in [0.1, 0.15) is 12.4 Å². The van der Waals surface area contributed by atoms with E-state index in [1.165, 1.54) is 10.6 Å². The number of hydrogen-bond acceptors (Lipinski definition) is 5. The van der Waals surface area contributed by atoms with Crippen molar-refractivity contribution in [1.82, 2.24) is 4.57 Å². The number of benzene rings is 1. The van der Waals surface area contributed by atoms with E-state index in [-0.39, 0.29) is 17.9 Å². The minimum absolute atomic E-state index is 0.0532. The number of hydrogen-bond donors (Lipinski definition) is 1. The summed E-state index contributed by atoms with van der Waals surface area (Å²) in [5.74, 6) is 0.273. The summed E-state index contributed by atoms with van der Waals surface area (Å²) in [6.07, 6.45) is -2.84. The molecule has 0 aliphatic rings. The molecule has 0 amide bonds. The van der Waals surface area contributed by atoms with E-state index in [1.54, 1.807) is 37.5 Å². The zero-order valence-electron chi connectivity index (χ0n) is 15.7. The largest absolute Gasteiger partial charge is 0.488 e. The molecule has 152 valence electrons. The number of aliphatic imine (C=N–C) groups is 1. The number of rotatable bonds is 5. The monoisotopic (exact) mass is 421 g/mol. The molecule has 9 heteroatoms. The Kier molecular flexibility index (Phi) is 5.78. The molecule has 2 aromatic heterocycles. The molecule has 29 heavy (non-hydrogen) atoms. The van der Waals surface area contributed by atoms with Gasteiger partial charge in [-0.1, -0.05) is 0 Å². The quantitative estimate of drug-likeness (QED) is 0.487. The lowest BCUT2D eigenvalue weighted by Gasteiger charge is -2.11. The first kappa shape index (κ1) is 20.7. The van der Waals surface area contributed by atoms with Crippen LogP contribution in [0.15, 0.2) is 57.8 Å². The number of halogens is 3. The number of nitrogens with zero attached hydrogens (tertiary/aromatic N) is 2. The summed E-state index contributed by atoms with van der Waals surface area (Å²) in [5, 5.41) is 1.04. The third kappa shape index (κ3) is 4.68. The van der Waals surface area contributed by atoms with Gasteiger partial charge in [-0.15, -0.1) is 11.3 Å². The molecule has 0 saturated heterocycles. The third-order valence-corrected chi connectivity index (χ3v) is 5.20. The van der Waals surface area contributed by atoms with Crippen LogP contribution in [0, 0.1) is 0 Å². The Balaban J connectivity index is 1.79. The molecule has 2 heterocycles. The Morgan fingerprint density at radius 1 is 1.24 bits per heavy atom. The van der Waals surface area contributed by atoms with Crippen molar-refractivity contribution in [1.29, 1.82) is 0 Å². The van der Waals surface area contributed by atoms with Crippen molar-refractivity contribution in [3.63, 3.8) is 0 Å². The number of anilines is 1. The van der Waals surface area contributed by atoms with E-state index in [9.17, 15) is 18.0 Å². The predicted octanol–water partition coefficient (Wildman–Crippen LogP) is 4.52. The second-order valence-corrected chi connectivity index (χ2v) is 7.24. The van der Waals surface area contributed by atoms with Crippen LogP contribution in [0.4, 0.5) is 18.9 Å². The van der Waals surface area contributed by atoms with E-state index in [4.69, 9.17) is 10.5 Å². The molecule has 1 aromatic carbocycles. The van der Waals surface area contributed by atoms with Crippen molar-refractivity contribution in [2.24, 2.45) is 4.99 Å². The van der Waals surface area contributed by atoms with Gasteiger partial charge in [0.15, 0.2) is 0 Å². The van der Waals surface area contributed by atoms with Crippen LogP contribution in [0.5, 0.6) is 5.75 Å². The minimum atomic E-state index is -4.38. The van der Waals surface area contributed by atoms with E-state index < -0.39 is 11.7 Å². The van der Waals surface area contributed by atoms with Crippen molar-refractivity contribution >= 4 is 22.7 Å². The van der Waals surface area contributed by atoms with Gasteiger partial charge in [0.05, 0.1) is 5.56 Å². The van der Waals surface area contributed by atoms with Gasteiger partial charge in [0.2, 0.25) is 0 Å². The van der Waals surface area contributed by atoms with Crippen molar-refractivity contribution < 1.29 is 17.9 Å². The van der Waals surface area contributed by atoms with Gasteiger partial charge in [-0.25, -0.2) is 0 Å². The Morgan fingerprint density at radius 3 is 2.62 bits per heavy atom. The summed E-state index contributed by atoms with van der Waals surface area (Å²) in [7, 11) is 1.66. The number of thiophene rings is 1. The molecule has 2 N–H and O–H groups in total. The van der Waals surface area contributed by atoms with Gasteiger partial charge >= 0.3 is 6.18 Å². The van der Waals surface area contributed by atoms with Crippen molar-refractivity contribution in [3.8, 4) is 11.4 Å². The van der Waals surface area contributed by atoms with Crippen LogP contribution in [0.1, 0.15) is 22.9 Å². The Morgan fingerprint density at radius 2 is 2.00 bits per heavy atom. The van der Waals surface area contributed by atoms with Gasteiger partial charge in [-0.3, -0.25) is 14.4 Å². The van der Waals surface area contributed by atoms with Gasteiger partial charge < -0.3 is 10.5 Å². The first-order chi connectivity index (χ1) is 13.7. The van der Waals surface area contributed by atoms with Gasteiger partial charge in [0.25, 0.3) is 5.56 Å². The van der Waals surface area contributed by atoms with Crippen LogP contribution < -0.4 is 16.0 Å². The molecule has 0 saturated carbocycles. The van der Waals surface area contributed by atoms with E-state index >= 15 is 0 Å². The highest BCUT2D eigenvalue weighted by Crippen LogP contribution is 2.32. The zero-order chi connectivity index (χ0) is 21.2. The van der Waals surface area contributed by atoms with Crippen LogP contribution in [-0.4, -0.2) is 17.3 Å². The molecule has 0 unspecified atom stereocenters. The molecule has 0 aliphatic carbocycles. The summed E-state index contributed by atoms with van der Waals surface area (Å²) in [5.41, 5.74) is 7.57. The maximum Gasteiger partial charge on any atom is 0.417 e. The molecule has 0 atom stereocenters. The SMILES string of the molecule is CN=C(C)c1cc(-n2ccc(OCc3cc(C(F)(F)F)cs3)cc2=O)ccc1N. The van der Waals surface area contributed by atoms with Crippen LogP contribution in [-0.2, 0) is 12.8 Å². The second-order valence-electron chi connectivity index (χ2n) is 6.24. The van der Waals surface area contributed by atoms with E-state index in [1.807, 2.05) is 6.92 Å². The summed E-state index contributed by atoms with van der Waals surface area (Å²) in [6, 6.07) is 9.09. The molecule has 0 spiro atoms. The van der Waals surface area contributed by atoms with Gasteiger partial charge in [-0.2, -0.15) is 13.2 Å². The molecular weight excluding hydrogens is 403 g/mol. The van der Waals surface area contributed by atoms with E-state index in [2.05, 4.69) is 4.99 Å². The molecule has 0 fully saturated rings. The Labute approximate surface area is 168 Å². The second kappa shape index (κ2) is 8.12. The molecular formula is C20H18F3N3O2S. The number of pyridine rings is 1. The van der Waals surface area contributed by atoms with Crippen molar-refractivity contribution in [2.75, 3.05) is 12.8 Å². The molecule has 3 aromatic rings. The van der Waals surface area contributed by atoms with Crippen LogP contribution in [0.25, 0.3) is 5.69 Å². The molecule has 3 rings (SSSR count). The van der Waals surface area contributed by atoms with Crippen LogP contribution in [0.2, 0.25) is 0 Å². The highest BCUT2D eigenvalue weighted by molar-refractivity contribution is 7.10. The first-order valence-electron chi connectivity index (χ1n) is 8.53. The Bertz CT molecular complexity index is 1120. The van der Waals surface area contributed by atoms with Gasteiger partial charge in [-0.05, 0) is 37.3 Å². The predicted molar refractivity (Wildman–Crippen MR) is 108 cm³/mol. The number of alkyl halides is 3. The molecule has 0 bridgehead atoms. The number of nitrogen functional groups attached to an aromatic ring is 1. The highest BCUT2D eigenvalue weighted by atomic mass is 32.1. The number of ether oxygens (including phenoxy) is 1. The lowest BCUT2D eigenvalue weighted by atomic mass is 10.1. The summed E-state index contributed by atoms with van der Waals surface area (Å²) in [4.78, 5) is 17.0. The fourth-order valence-corrected chi connectivity index (χ4v) is 3.45. The standard InChI is InChI=1S/C20H18F3N3O2S/c1-12(25-2)17-8-14(3-4-18(17)24)26-6-5-15(9-19(26)27)28-10-16-7-13(11-29-16)20(21,22)23/h3-9,11H,10,24H2,1-2H3. The summed E-state index contributed by atoms with van der Waals surface area (Å²) < 4.78 is 44.9. The smallest absolute Gasteiger partial charge is 0.417 e. The average molecular weight is 421 g/mol.